The van der Waals surface area contributed by atoms with Gasteiger partial charge >= 0.3 is 0 Å². The van der Waals surface area contributed by atoms with Gasteiger partial charge in [-0.15, -0.1) is 0 Å². The quantitative estimate of drug-likeness (QED) is 0.537. The van der Waals surface area contributed by atoms with E-state index in [1.807, 2.05) is 6.07 Å². The molecule has 0 bridgehead atoms. The van der Waals surface area contributed by atoms with Crippen LogP contribution in [0.2, 0.25) is 0 Å². The number of ether oxygens (including phenoxy) is 3. The molecular weight excluding hydrogens is 344 g/mol. The van der Waals surface area contributed by atoms with E-state index in [1.165, 1.54) is 0 Å². The van der Waals surface area contributed by atoms with Gasteiger partial charge in [-0.05, 0) is 60.4 Å². The lowest BCUT2D eigenvalue weighted by atomic mass is 10.1. The third-order valence-corrected chi connectivity index (χ3v) is 3.87. The van der Waals surface area contributed by atoms with Crippen LogP contribution in [0, 0.1) is 5.92 Å². The van der Waals surface area contributed by atoms with Crippen LogP contribution in [0.4, 0.5) is 0 Å². The van der Waals surface area contributed by atoms with Crippen LogP contribution in [-0.4, -0.2) is 32.9 Å². The molecule has 2 aromatic rings. The van der Waals surface area contributed by atoms with Gasteiger partial charge in [0, 0.05) is 5.56 Å². The molecule has 0 fully saturated rings. The third-order valence-electron chi connectivity index (χ3n) is 3.87. The summed E-state index contributed by atoms with van der Waals surface area (Å²) < 4.78 is 16.1. The van der Waals surface area contributed by atoms with Crippen LogP contribution in [0.1, 0.15) is 36.2 Å². The highest BCUT2D eigenvalue weighted by Crippen LogP contribution is 2.26. The number of carbonyl (C=O) groups excluding carboxylic acids is 1. The van der Waals surface area contributed by atoms with Gasteiger partial charge < -0.3 is 14.2 Å². The van der Waals surface area contributed by atoms with Crippen LogP contribution in [0.3, 0.4) is 0 Å². The molecule has 0 aromatic heterocycles. The van der Waals surface area contributed by atoms with Gasteiger partial charge in [0.2, 0.25) is 0 Å². The number of rotatable bonds is 9. The number of benzene rings is 2. The highest BCUT2D eigenvalue weighted by molar-refractivity contribution is 5.95. The minimum absolute atomic E-state index is 0.291. The van der Waals surface area contributed by atoms with Crippen molar-refractivity contribution in [3.63, 3.8) is 0 Å². The van der Waals surface area contributed by atoms with Gasteiger partial charge in [-0.25, -0.2) is 5.43 Å². The fraction of sp³-hybridized carbons (Fsp3) is 0.333. The van der Waals surface area contributed by atoms with Crippen molar-refractivity contribution in [2.75, 3.05) is 20.8 Å². The Kier molecular flexibility index (Phi) is 7.67. The summed E-state index contributed by atoms with van der Waals surface area (Å²) in [7, 11) is 3.14. The van der Waals surface area contributed by atoms with Crippen molar-refractivity contribution in [3.05, 3.63) is 53.6 Å². The Morgan fingerprint density at radius 1 is 1.07 bits per heavy atom. The monoisotopic (exact) mass is 370 g/mol. The molecule has 2 aromatic carbocycles. The number of carbonyl (C=O) groups is 1. The molecule has 0 unspecified atom stereocenters. The number of nitrogens with zero attached hydrogens (tertiary/aromatic N) is 1. The summed E-state index contributed by atoms with van der Waals surface area (Å²) in [5.41, 5.74) is 3.80. The zero-order valence-corrected chi connectivity index (χ0v) is 16.2. The molecule has 0 atom stereocenters. The largest absolute Gasteiger partial charge is 0.494 e. The Morgan fingerprint density at radius 3 is 2.41 bits per heavy atom. The first-order valence-corrected chi connectivity index (χ1v) is 8.81. The summed E-state index contributed by atoms with van der Waals surface area (Å²) in [6, 6.07) is 12.4. The van der Waals surface area contributed by atoms with Crippen LogP contribution < -0.4 is 19.6 Å². The summed E-state index contributed by atoms with van der Waals surface area (Å²) in [5.74, 6) is 2.29. The zero-order chi connectivity index (χ0) is 19.6. The number of amides is 1. The fourth-order valence-electron chi connectivity index (χ4n) is 2.28. The Bertz CT molecular complexity index is 770. The Labute approximate surface area is 160 Å². The second-order valence-corrected chi connectivity index (χ2v) is 6.37. The van der Waals surface area contributed by atoms with Crippen molar-refractivity contribution < 1.29 is 19.0 Å². The number of methoxy groups -OCH3 is 2. The lowest BCUT2D eigenvalue weighted by Crippen LogP contribution is -2.17. The Morgan fingerprint density at radius 2 is 1.78 bits per heavy atom. The van der Waals surface area contributed by atoms with Crippen molar-refractivity contribution in [1.29, 1.82) is 0 Å². The summed E-state index contributed by atoms with van der Waals surface area (Å²) in [4.78, 5) is 12.2. The van der Waals surface area contributed by atoms with E-state index in [-0.39, 0.29) is 5.91 Å². The predicted octanol–water partition coefficient (Wildman–Crippen LogP) is 3.89. The smallest absolute Gasteiger partial charge is 0.271 e. The van der Waals surface area contributed by atoms with E-state index in [4.69, 9.17) is 14.2 Å². The molecule has 27 heavy (non-hydrogen) atoms. The molecular formula is C21H26N2O4. The molecule has 0 aliphatic rings. The maximum Gasteiger partial charge on any atom is 0.271 e. The van der Waals surface area contributed by atoms with Gasteiger partial charge in [0.25, 0.3) is 5.91 Å². The molecule has 2 rings (SSSR count). The summed E-state index contributed by atoms with van der Waals surface area (Å²) >= 11 is 0. The molecule has 1 N–H and O–H groups in total. The number of hydrogen-bond acceptors (Lipinski definition) is 5. The summed E-state index contributed by atoms with van der Waals surface area (Å²) in [6.45, 7) is 4.97. The first-order valence-electron chi connectivity index (χ1n) is 8.81. The van der Waals surface area contributed by atoms with Gasteiger partial charge in [0.15, 0.2) is 11.5 Å². The van der Waals surface area contributed by atoms with Crippen molar-refractivity contribution in [1.82, 2.24) is 5.43 Å². The standard InChI is InChI=1S/C21H26N2O4/c1-15(2)11-12-27-18-8-6-17(7-9-18)21(24)23-22-14-16-5-10-19(25-3)20(13-16)26-4/h5-10,13-15H,11-12H2,1-4H3,(H,23,24)/b22-14+. The third kappa shape index (κ3) is 6.33. The molecule has 6 heteroatoms. The van der Waals surface area contributed by atoms with Gasteiger partial charge in [-0.2, -0.15) is 5.10 Å². The van der Waals surface area contributed by atoms with Crippen molar-refractivity contribution in [2.24, 2.45) is 11.0 Å². The maximum absolute atomic E-state index is 12.2. The van der Waals surface area contributed by atoms with E-state index < -0.39 is 0 Å². The predicted molar refractivity (Wildman–Crippen MR) is 106 cm³/mol. The van der Waals surface area contributed by atoms with Crippen LogP contribution in [0.15, 0.2) is 47.6 Å². The topological polar surface area (TPSA) is 69.2 Å². The normalized spacial score (nSPS) is 10.9. The average molecular weight is 370 g/mol. The lowest BCUT2D eigenvalue weighted by Gasteiger charge is -2.08. The molecule has 0 saturated carbocycles. The first-order chi connectivity index (χ1) is 13.0. The van der Waals surface area contributed by atoms with E-state index in [9.17, 15) is 4.79 Å². The highest BCUT2D eigenvalue weighted by atomic mass is 16.5. The van der Waals surface area contributed by atoms with E-state index >= 15 is 0 Å². The van der Waals surface area contributed by atoms with Crippen molar-refractivity contribution >= 4 is 12.1 Å². The SMILES string of the molecule is COc1ccc(/C=N/NC(=O)c2ccc(OCCC(C)C)cc2)cc1OC. The second kappa shape index (κ2) is 10.2. The van der Waals surface area contributed by atoms with Crippen LogP contribution in [0.5, 0.6) is 17.2 Å². The number of nitrogens with one attached hydrogen (secondary N) is 1. The molecule has 144 valence electrons. The lowest BCUT2D eigenvalue weighted by molar-refractivity contribution is 0.0955. The molecule has 6 nitrogen and oxygen atoms in total. The maximum atomic E-state index is 12.2. The Balaban J connectivity index is 1.90. The van der Waals surface area contributed by atoms with Crippen LogP contribution >= 0.6 is 0 Å². The van der Waals surface area contributed by atoms with Gasteiger partial charge in [-0.1, -0.05) is 13.8 Å². The molecule has 0 radical (unpaired) electrons. The minimum atomic E-state index is -0.291. The van der Waals surface area contributed by atoms with Gasteiger partial charge in [0.05, 0.1) is 27.0 Å². The van der Waals surface area contributed by atoms with Crippen LogP contribution in [-0.2, 0) is 0 Å². The molecule has 0 aliphatic heterocycles. The van der Waals surface area contributed by atoms with Crippen LogP contribution in [0.25, 0.3) is 0 Å². The van der Waals surface area contributed by atoms with E-state index in [2.05, 4.69) is 24.4 Å². The van der Waals surface area contributed by atoms with Gasteiger partial charge in [0.1, 0.15) is 5.75 Å². The zero-order valence-electron chi connectivity index (χ0n) is 16.2. The number of hydrazone groups is 1. The summed E-state index contributed by atoms with van der Waals surface area (Å²) in [6.07, 6.45) is 2.54. The fourth-order valence-corrected chi connectivity index (χ4v) is 2.28. The molecule has 0 saturated heterocycles. The van der Waals surface area contributed by atoms with E-state index in [1.54, 1.807) is 56.8 Å². The highest BCUT2D eigenvalue weighted by Gasteiger charge is 2.06. The number of hydrogen-bond donors (Lipinski definition) is 1. The molecule has 0 spiro atoms. The van der Waals surface area contributed by atoms with Crippen molar-refractivity contribution in [3.8, 4) is 17.2 Å². The van der Waals surface area contributed by atoms with E-state index in [0.717, 1.165) is 17.7 Å². The molecule has 1 amide bonds. The average Bonchev–Trinajstić information content (AvgIpc) is 2.68. The van der Waals surface area contributed by atoms with Gasteiger partial charge in [-0.3, -0.25) is 4.79 Å². The molecule has 0 aliphatic carbocycles. The molecule has 0 heterocycles. The first kappa shape index (κ1) is 20.3. The Hall–Kier alpha value is -3.02. The van der Waals surface area contributed by atoms with E-state index in [0.29, 0.717) is 29.6 Å². The summed E-state index contributed by atoms with van der Waals surface area (Å²) in [5, 5.41) is 3.99. The van der Waals surface area contributed by atoms with Crippen molar-refractivity contribution in [2.45, 2.75) is 20.3 Å². The second-order valence-electron chi connectivity index (χ2n) is 6.37. The minimum Gasteiger partial charge on any atom is -0.494 e.